The Morgan fingerprint density at radius 2 is 2.10 bits per heavy atom. The maximum absolute atomic E-state index is 6.10. The molecule has 0 aliphatic carbocycles. The number of fused-ring (bicyclic) bond motifs is 1. The van der Waals surface area contributed by atoms with E-state index in [1.165, 1.54) is 0 Å². The van der Waals surface area contributed by atoms with Crippen LogP contribution in [0.2, 0.25) is 0 Å². The normalized spacial score (nSPS) is 22.4. The molecule has 2 aromatic heterocycles. The molecule has 0 bridgehead atoms. The third kappa shape index (κ3) is 2.76. The van der Waals surface area contributed by atoms with Gasteiger partial charge in [0, 0.05) is 11.7 Å². The van der Waals surface area contributed by atoms with E-state index in [-0.39, 0.29) is 0 Å². The van der Waals surface area contributed by atoms with Gasteiger partial charge in [0.2, 0.25) is 5.95 Å². The lowest BCUT2D eigenvalue weighted by molar-refractivity contribution is 0.367. The van der Waals surface area contributed by atoms with Crippen molar-refractivity contribution in [2.45, 2.75) is 33.2 Å². The Kier molecular flexibility index (Phi) is 3.63. The summed E-state index contributed by atoms with van der Waals surface area (Å²) in [5, 5.41) is 7.66. The van der Waals surface area contributed by atoms with Gasteiger partial charge in [0.15, 0.2) is 5.65 Å². The molecule has 0 saturated carbocycles. The highest BCUT2D eigenvalue weighted by atomic mass is 15.2. The van der Waals surface area contributed by atoms with Crippen LogP contribution in [0.3, 0.4) is 0 Å². The van der Waals surface area contributed by atoms with Crippen LogP contribution in [0.25, 0.3) is 11.0 Å². The quantitative estimate of drug-likeness (QED) is 0.777. The van der Waals surface area contributed by atoms with Gasteiger partial charge >= 0.3 is 0 Å². The summed E-state index contributed by atoms with van der Waals surface area (Å²) in [6.07, 6.45) is 1.06. The molecule has 2 unspecified atom stereocenters. The van der Waals surface area contributed by atoms with Crippen LogP contribution in [0.15, 0.2) is 6.07 Å². The maximum Gasteiger partial charge on any atom is 0.226 e. The number of nitrogens with two attached hydrogens (primary N) is 1. The van der Waals surface area contributed by atoms with Crippen molar-refractivity contribution in [3.63, 3.8) is 0 Å². The Morgan fingerprint density at radius 1 is 1.29 bits per heavy atom. The van der Waals surface area contributed by atoms with Crippen LogP contribution in [0.4, 0.5) is 11.8 Å². The zero-order valence-corrected chi connectivity index (χ0v) is 12.8. The molecule has 3 heterocycles. The number of rotatable bonds is 2. The number of nitrogens with zero attached hydrogens (tertiary/aromatic N) is 3. The predicted octanol–water partition coefficient (Wildman–Crippen LogP) is 1.63. The SMILES string of the molecule is Cc1cc(C)c2c(N)nc(NC3CCNCC3C)nc2n1. The Bertz CT molecular complexity index is 669. The number of nitrogens with one attached hydrogen (secondary N) is 2. The average Bonchev–Trinajstić information content (AvgIpc) is 2.40. The van der Waals surface area contributed by atoms with Crippen LogP contribution in [0.1, 0.15) is 24.6 Å². The lowest BCUT2D eigenvalue weighted by Crippen LogP contribution is -2.42. The van der Waals surface area contributed by atoms with Gasteiger partial charge in [-0.05, 0) is 50.9 Å². The van der Waals surface area contributed by atoms with Gasteiger partial charge in [-0.15, -0.1) is 0 Å². The summed E-state index contributed by atoms with van der Waals surface area (Å²) in [6.45, 7) is 8.23. The molecule has 0 aromatic carbocycles. The first kappa shape index (κ1) is 14.0. The lowest BCUT2D eigenvalue weighted by Gasteiger charge is -2.30. The third-order valence-corrected chi connectivity index (χ3v) is 4.12. The summed E-state index contributed by atoms with van der Waals surface area (Å²) in [5.74, 6) is 1.61. The number of pyridine rings is 1. The van der Waals surface area contributed by atoms with Crippen molar-refractivity contribution in [3.8, 4) is 0 Å². The maximum atomic E-state index is 6.10. The molecule has 6 heteroatoms. The molecule has 4 N–H and O–H groups in total. The van der Waals surface area contributed by atoms with Crippen LogP contribution in [0, 0.1) is 19.8 Å². The number of anilines is 2. The smallest absolute Gasteiger partial charge is 0.226 e. The minimum absolute atomic E-state index is 0.369. The van der Waals surface area contributed by atoms with Gasteiger partial charge in [-0.25, -0.2) is 4.98 Å². The van der Waals surface area contributed by atoms with Gasteiger partial charge in [-0.2, -0.15) is 9.97 Å². The second-order valence-corrected chi connectivity index (χ2v) is 5.93. The number of aryl methyl sites for hydroxylation is 2. The molecular formula is C15H22N6. The minimum atomic E-state index is 0.369. The van der Waals surface area contributed by atoms with E-state index >= 15 is 0 Å². The average molecular weight is 286 g/mol. The number of nitrogen functional groups attached to an aromatic ring is 1. The molecule has 1 fully saturated rings. The zero-order valence-electron chi connectivity index (χ0n) is 12.8. The first-order valence-electron chi connectivity index (χ1n) is 7.43. The first-order valence-corrected chi connectivity index (χ1v) is 7.43. The molecule has 21 heavy (non-hydrogen) atoms. The van der Waals surface area contributed by atoms with Crippen LogP contribution in [-0.2, 0) is 0 Å². The fourth-order valence-corrected chi connectivity index (χ4v) is 2.97. The molecule has 0 radical (unpaired) electrons. The van der Waals surface area contributed by atoms with Crippen molar-refractivity contribution in [2.24, 2.45) is 5.92 Å². The van der Waals surface area contributed by atoms with E-state index in [1.54, 1.807) is 0 Å². The predicted molar refractivity (Wildman–Crippen MR) is 85.3 cm³/mol. The number of aromatic nitrogens is 3. The van der Waals surface area contributed by atoms with Gasteiger partial charge in [-0.3, -0.25) is 0 Å². The van der Waals surface area contributed by atoms with E-state index in [4.69, 9.17) is 5.73 Å². The Labute approximate surface area is 124 Å². The van der Waals surface area contributed by atoms with E-state index in [0.29, 0.717) is 29.4 Å². The van der Waals surface area contributed by atoms with Crippen molar-refractivity contribution < 1.29 is 0 Å². The molecule has 2 atom stereocenters. The summed E-state index contributed by atoms with van der Waals surface area (Å²) in [5.41, 5.74) is 8.78. The minimum Gasteiger partial charge on any atom is -0.383 e. The zero-order chi connectivity index (χ0) is 15.0. The second-order valence-electron chi connectivity index (χ2n) is 5.93. The van der Waals surface area contributed by atoms with E-state index in [2.05, 4.69) is 32.5 Å². The van der Waals surface area contributed by atoms with Gasteiger partial charge in [-0.1, -0.05) is 6.92 Å². The highest BCUT2D eigenvalue weighted by molar-refractivity contribution is 5.89. The van der Waals surface area contributed by atoms with Crippen molar-refractivity contribution in [3.05, 3.63) is 17.3 Å². The molecule has 0 amide bonds. The molecule has 0 spiro atoms. The number of hydrogen-bond donors (Lipinski definition) is 3. The van der Waals surface area contributed by atoms with Gasteiger partial charge < -0.3 is 16.4 Å². The Morgan fingerprint density at radius 3 is 2.86 bits per heavy atom. The fraction of sp³-hybridized carbons (Fsp3) is 0.533. The van der Waals surface area contributed by atoms with E-state index in [1.807, 2.05) is 19.9 Å². The van der Waals surface area contributed by atoms with Crippen LogP contribution in [0.5, 0.6) is 0 Å². The Hall–Kier alpha value is -1.95. The van der Waals surface area contributed by atoms with Crippen molar-refractivity contribution in [2.75, 3.05) is 24.1 Å². The molecule has 1 aliphatic heterocycles. The molecule has 1 saturated heterocycles. The summed E-state index contributed by atoms with van der Waals surface area (Å²) in [4.78, 5) is 13.5. The van der Waals surface area contributed by atoms with Crippen molar-refractivity contribution >= 4 is 22.8 Å². The van der Waals surface area contributed by atoms with Crippen molar-refractivity contribution in [1.29, 1.82) is 0 Å². The largest absolute Gasteiger partial charge is 0.383 e. The third-order valence-electron chi connectivity index (χ3n) is 4.12. The first-order chi connectivity index (χ1) is 10.0. The van der Waals surface area contributed by atoms with E-state index < -0.39 is 0 Å². The molecule has 6 nitrogen and oxygen atoms in total. The summed E-state index contributed by atoms with van der Waals surface area (Å²) < 4.78 is 0. The number of hydrogen-bond acceptors (Lipinski definition) is 6. The molecule has 112 valence electrons. The van der Waals surface area contributed by atoms with Gasteiger partial charge in [0.25, 0.3) is 0 Å². The molecule has 2 aromatic rings. The topological polar surface area (TPSA) is 88.8 Å². The van der Waals surface area contributed by atoms with Crippen LogP contribution >= 0.6 is 0 Å². The fourth-order valence-electron chi connectivity index (χ4n) is 2.97. The van der Waals surface area contributed by atoms with E-state index in [0.717, 1.165) is 36.2 Å². The second kappa shape index (κ2) is 5.44. The molecule has 3 rings (SSSR count). The summed E-state index contributed by atoms with van der Waals surface area (Å²) in [7, 11) is 0. The van der Waals surface area contributed by atoms with Gasteiger partial charge in [0.1, 0.15) is 5.82 Å². The number of piperidine rings is 1. The Balaban J connectivity index is 1.96. The van der Waals surface area contributed by atoms with Crippen LogP contribution in [-0.4, -0.2) is 34.1 Å². The highest BCUT2D eigenvalue weighted by Crippen LogP contribution is 2.24. The molecule has 1 aliphatic rings. The summed E-state index contributed by atoms with van der Waals surface area (Å²) >= 11 is 0. The van der Waals surface area contributed by atoms with Gasteiger partial charge in [0.05, 0.1) is 5.39 Å². The van der Waals surface area contributed by atoms with Crippen LogP contribution < -0.4 is 16.4 Å². The monoisotopic (exact) mass is 286 g/mol. The molecular weight excluding hydrogens is 264 g/mol. The standard InChI is InChI=1S/C15H22N6/c1-8-6-10(3)18-14-12(8)13(16)20-15(21-14)19-11-4-5-17-7-9(11)2/h6,9,11,17H,4-5,7H2,1-3H3,(H3,16,18,19,20,21). The summed E-state index contributed by atoms with van der Waals surface area (Å²) in [6, 6.07) is 2.37. The van der Waals surface area contributed by atoms with E-state index in [9.17, 15) is 0 Å². The highest BCUT2D eigenvalue weighted by Gasteiger charge is 2.22. The van der Waals surface area contributed by atoms with Crippen molar-refractivity contribution in [1.82, 2.24) is 20.3 Å². The lowest BCUT2D eigenvalue weighted by atomic mass is 9.95.